The number of amides is 2. The highest BCUT2D eigenvalue weighted by molar-refractivity contribution is 7.16. The van der Waals surface area contributed by atoms with Gasteiger partial charge in [-0.3, -0.25) is 0 Å². The number of rotatable bonds is 4. The van der Waals surface area contributed by atoms with E-state index in [4.69, 9.17) is 16.7 Å². The van der Waals surface area contributed by atoms with Crippen LogP contribution in [0.4, 0.5) is 4.79 Å². The van der Waals surface area contributed by atoms with E-state index in [2.05, 4.69) is 5.32 Å². The first-order valence-electron chi connectivity index (χ1n) is 6.09. The molecule has 7 heteroatoms. The molecular weight excluding hydrogens is 288 g/mol. The van der Waals surface area contributed by atoms with Gasteiger partial charge in [0.2, 0.25) is 0 Å². The topological polar surface area (TPSA) is 69.6 Å². The molecular formula is C12H15ClN2O3S. The number of nitrogens with zero attached hydrogens (tertiary/aromatic N) is 1. The van der Waals surface area contributed by atoms with Crippen LogP contribution in [0.25, 0.3) is 0 Å². The number of halogens is 1. The van der Waals surface area contributed by atoms with Crippen LogP contribution in [0.3, 0.4) is 0 Å². The molecule has 1 aromatic heterocycles. The van der Waals surface area contributed by atoms with Gasteiger partial charge in [-0.25, -0.2) is 9.59 Å². The van der Waals surface area contributed by atoms with Crippen molar-refractivity contribution in [3.05, 3.63) is 21.3 Å². The number of carboxylic acids is 1. The number of nitrogens with one attached hydrogen (secondary N) is 1. The Balaban J connectivity index is 1.79. The molecule has 2 N–H and O–H groups in total. The fourth-order valence-corrected chi connectivity index (χ4v) is 3.23. The van der Waals surface area contributed by atoms with E-state index in [1.807, 2.05) is 12.1 Å². The Bertz CT molecular complexity index is 477. The van der Waals surface area contributed by atoms with E-state index in [0.29, 0.717) is 25.9 Å². The maximum absolute atomic E-state index is 11.9. The molecule has 2 amide bonds. The number of carbonyl (C=O) groups excluding carboxylic acids is 1. The molecule has 1 aliphatic heterocycles. The number of carbonyl (C=O) groups is 2. The number of thiophene rings is 1. The lowest BCUT2D eigenvalue weighted by molar-refractivity contribution is -0.141. The van der Waals surface area contributed by atoms with E-state index in [1.54, 1.807) is 0 Å². The SMILES string of the molecule is O=C(O)[C@@H]1CCCN1C(=O)NCCc1ccc(Cl)s1. The van der Waals surface area contributed by atoms with Crippen LogP contribution in [-0.4, -0.2) is 41.1 Å². The maximum atomic E-state index is 11.9. The Labute approximate surface area is 120 Å². The summed E-state index contributed by atoms with van der Waals surface area (Å²) in [4.78, 5) is 25.4. The summed E-state index contributed by atoms with van der Waals surface area (Å²) in [6, 6.07) is 2.77. The van der Waals surface area contributed by atoms with Crippen LogP contribution in [0.5, 0.6) is 0 Å². The number of urea groups is 1. The summed E-state index contributed by atoms with van der Waals surface area (Å²) in [5.41, 5.74) is 0. The van der Waals surface area contributed by atoms with E-state index in [0.717, 1.165) is 15.6 Å². The largest absolute Gasteiger partial charge is 0.480 e. The predicted octanol–water partition coefficient (Wildman–Crippen LogP) is 2.20. The molecule has 1 atom stereocenters. The third-order valence-corrected chi connectivity index (χ3v) is 4.37. The monoisotopic (exact) mass is 302 g/mol. The number of carboxylic acid groups (broad SMARTS) is 1. The molecule has 1 aromatic rings. The third-order valence-electron chi connectivity index (χ3n) is 3.08. The van der Waals surface area contributed by atoms with Crippen molar-refractivity contribution in [2.24, 2.45) is 0 Å². The van der Waals surface area contributed by atoms with Gasteiger partial charge in [-0.05, 0) is 31.4 Å². The second-order valence-corrected chi connectivity index (χ2v) is 6.18. The van der Waals surface area contributed by atoms with Gasteiger partial charge in [0.05, 0.1) is 4.34 Å². The molecule has 0 aromatic carbocycles. The number of hydrogen-bond donors (Lipinski definition) is 2. The molecule has 0 aliphatic carbocycles. The van der Waals surface area contributed by atoms with Crippen LogP contribution in [0.1, 0.15) is 17.7 Å². The van der Waals surface area contributed by atoms with E-state index >= 15 is 0 Å². The molecule has 19 heavy (non-hydrogen) atoms. The van der Waals surface area contributed by atoms with Crippen molar-refractivity contribution in [3.63, 3.8) is 0 Å². The Kier molecular flexibility index (Phi) is 4.66. The minimum atomic E-state index is -0.933. The molecule has 1 aliphatic rings. The van der Waals surface area contributed by atoms with Crippen molar-refractivity contribution in [1.29, 1.82) is 0 Å². The number of aliphatic carboxylic acids is 1. The van der Waals surface area contributed by atoms with Crippen molar-refractivity contribution in [1.82, 2.24) is 10.2 Å². The van der Waals surface area contributed by atoms with Gasteiger partial charge < -0.3 is 15.3 Å². The van der Waals surface area contributed by atoms with Crippen molar-refractivity contribution in [2.75, 3.05) is 13.1 Å². The number of hydrogen-bond acceptors (Lipinski definition) is 3. The van der Waals surface area contributed by atoms with Gasteiger partial charge in [0.25, 0.3) is 0 Å². The highest BCUT2D eigenvalue weighted by Gasteiger charge is 2.33. The smallest absolute Gasteiger partial charge is 0.326 e. The van der Waals surface area contributed by atoms with Crippen molar-refractivity contribution in [2.45, 2.75) is 25.3 Å². The van der Waals surface area contributed by atoms with Gasteiger partial charge >= 0.3 is 12.0 Å². The normalized spacial score (nSPS) is 18.6. The third kappa shape index (κ3) is 3.61. The molecule has 0 radical (unpaired) electrons. The lowest BCUT2D eigenvalue weighted by Gasteiger charge is -2.21. The van der Waals surface area contributed by atoms with Gasteiger partial charge in [-0.2, -0.15) is 0 Å². The first-order valence-corrected chi connectivity index (χ1v) is 7.29. The van der Waals surface area contributed by atoms with Gasteiger partial charge in [-0.15, -0.1) is 11.3 Å². The first-order chi connectivity index (χ1) is 9.08. The average Bonchev–Trinajstić information content (AvgIpc) is 2.97. The summed E-state index contributed by atoms with van der Waals surface area (Å²) in [6.45, 7) is 0.992. The second-order valence-electron chi connectivity index (χ2n) is 4.38. The Hall–Kier alpha value is -1.27. The zero-order valence-corrected chi connectivity index (χ0v) is 11.8. The molecule has 0 unspecified atom stereocenters. The molecule has 2 rings (SSSR count). The highest BCUT2D eigenvalue weighted by atomic mass is 35.5. The Morgan fingerprint density at radius 3 is 2.95 bits per heavy atom. The van der Waals surface area contributed by atoms with Gasteiger partial charge in [0, 0.05) is 18.0 Å². The molecule has 0 saturated carbocycles. The van der Waals surface area contributed by atoms with E-state index in [-0.39, 0.29) is 6.03 Å². The lowest BCUT2D eigenvalue weighted by atomic mass is 10.2. The molecule has 0 spiro atoms. The fraction of sp³-hybridized carbons (Fsp3) is 0.500. The molecule has 2 heterocycles. The standard InChI is InChI=1S/C12H15ClN2O3S/c13-10-4-3-8(19-10)5-6-14-12(18)15-7-1-2-9(15)11(16)17/h3-4,9H,1-2,5-7H2,(H,14,18)(H,16,17)/t9-/m0/s1. The van der Waals surface area contributed by atoms with Gasteiger partial charge in [-0.1, -0.05) is 11.6 Å². The number of likely N-dealkylation sites (tertiary alicyclic amines) is 1. The van der Waals surface area contributed by atoms with Crippen molar-refractivity contribution in [3.8, 4) is 0 Å². The highest BCUT2D eigenvalue weighted by Crippen LogP contribution is 2.21. The second kappa shape index (κ2) is 6.25. The molecule has 0 bridgehead atoms. The summed E-state index contributed by atoms with van der Waals surface area (Å²) < 4.78 is 0.729. The quantitative estimate of drug-likeness (QED) is 0.896. The van der Waals surface area contributed by atoms with E-state index in [1.165, 1.54) is 16.2 Å². The predicted molar refractivity (Wildman–Crippen MR) is 73.8 cm³/mol. The Morgan fingerprint density at radius 2 is 2.32 bits per heavy atom. The summed E-state index contributed by atoms with van der Waals surface area (Å²) >= 11 is 7.30. The summed E-state index contributed by atoms with van der Waals surface area (Å²) in [6.07, 6.45) is 1.98. The van der Waals surface area contributed by atoms with Crippen LogP contribution < -0.4 is 5.32 Å². The molecule has 1 saturated heterocycles. The molecule has 104 valence electrons. The minimum absolute atomic E-state index is 0.299. The summed E-state index contributed by atoms with van der Waals surface area (Å²) in [7, 11) is 0. The van der Waals surface area contributed by atoms with Crippen LogP contribution in [0.15, 0.2) is 12.1 Å². The molecule has 5 nitrogen and oxygen atoms in total. The summed E-state index contributed by atoms with van der Waals surface area (Å²) in [5, 5.41) is 11.8. The van der Waals surface area contributed by atoms with Crippen molar-refractivity contribution < 1.29 is 14.7 Å². The van der Waals surface area contributed by atoms with Gasteiger partial charge in [0.15, 0.2) is 0 Å². The van der Waals surface area contributed by atoms with Crippen LogP contribution in [0.2, 0.25) is 4.34 Å². The molecule has 1 fully saturated rings. The van der Waals surface area contributed by atoms with Crippen LogP contribution in [0, 0.1) is 0 Å². The van der Waals surface area contributed by atoms with Crippen LogP contribution in [-0.2, 0) is 11.2 Å². The average molecular weight is 303 g/mol. The minimum Gasteiger partial charge on any atom is -0.480 e. The first kappa shape index (κ1) is 14.1. The summed E-state index contributed by atoms with van der Waals surface area (Å²) in [5.74, 6) is -0.933. The van der Waals surface area contributed by atoms with Gasteiger partial charge in [0.1, 0.15) is 6.04 Å². The zero-order chi connectivity index (χ0) is 13.8. The maximum Gasteiger partial charge on any atom is 0.326 e. The van der Waals surface area contributed by atoms with E-state index < -0.39 is 12.0 Å². The van der Waals surface area contributed by atoms with Crippen molar-refractivity contribution >= 4 is 34.9 Å². The zero-order valence-electron chi connectivity index (χ0n) is 10.3. The van der Waals surface area contributed by atoms with Crippen LogP contribution >= 0.6 is 22.9 Å². The fourth-order valence-electron chi connectivity index (χ4n) is 2.15. The Morgan fingerprint density at radius 1 is 1.53 bits per heavy atom. The van der Waals surface area contributed by atoms with E-state index in [9.17, 15) is 9.59 Å². The lowest BCUT2D eigenvalue weighted by Crippen LogP contribution is -2.46.